The predicted octanol–water partition coefficient (Wildman–Crippen LogP) is -22.4. The van der Waals surface area contributed by atoms with Gasteiger partial charge in [-0.15, -0.1) is 0 Å². The molecule has 172 valence electrons. The van der Waals surface area contributed by atoms with E-state index in [0.29, 0.717) is 0 Å². The Hall–Kier alpha value is 3.37. The van der Waals surface area contributed by atoms with Gasteiger partial charge in [-0.05, 0) is 0 Å². The monoisotopic (exact) mass is 1280 g/mol. The largest absolute Gasteiger partial charge is 3.00 e. The minimum absolute atomic E-state index is 0. The van der Waals surface area contributed by atoms with Crippen molar-refractivity contribution in [3.63, 3.8) is 0 Å². The Morgan fingerprint density at radius 3 is 0.265 bits per heavy atom. The zero-order valence-electron chi connectivity index (χ0n) is 15.6. The molecule has 0 aromatic heterocycles. The van der Waals surface area contributed by atoms with Crippen molar-refractivity contribution in [3.05, 3.63) is 0 Å². The summed E-state index contributed by atoms with van der Waals surface area (Å²) in [6.45, 7) is 0. The summed E-state index contributed by atoms with van der Waals surface area (Å²) in [5, 5.41) is 0. The van der Waals surface area contributed by atoms with E-state index in [9.17, 15) is 0 Å². The van der Waals surface area contributed by atoms with E-state index in [1.165, 1.54) is 0 Å². The van der Waals surface area contributed by atoms with Gasteiger partial charge in [-0.3, -0.25) is 0 Å². The topological polar surface area (TPSA) is 442 Å². The number of rotatable bonds is 0. The molecule has 0 aliphatic heterocycles. The molecule has 0 saturated heterocycles. The van der Waals surface area contributed by atoms with Crippen molar-refractivity contribution < 1.29 is 98.4 Å². The third kappa shape index (κ3) is 3680. The third-order valence-corrected chi connectivity index (χ3v) is 0. The van der Waals surface area contributed by atoms with Gasteiger partial charge in [0, 0.05) is 64.2 Å². The molecule has 0 bridgehead atoms. The van der Waals surface area contributed by atoms with E-state index in [4.69, 9.17) is 98.4 Å². The van der Waals surface area contributed by atoms with Crippen molar-refractivity contribution in [2.75, 3.05) is 0 Å². The molecule has 0 atom stereocenters. The average Bonchev–Trinajstić information content (AvgIpc) is 2.20. The summed E-state index contributed by atoms with van der Waals surface area (Å²) >= 11 is 0. The zero-order chi connectivity index (χ0) is 25.0. The van der Waals surface area contributed by atoms with Gasteiger partial charge >= 0.3 is 187 Å². The summed E-state index contributed by atoms with van der Waals surface area (Å²) in [5.41, 5.74) is 0. The van der Waals surface area contributed by atoms with Crippen LogP contribution in [0, 0.1) is 0 Å². The second kappa shape index (κ2) is 76.6. The van der Waals surface area contributed by atoms with Gasteiger partial charge in [0.25, 0.3) is 0 Å². The zero-order valence-corrected chi connectivity index (χ0v) is 41.6. The van der Waals surface area contributed by atoms with Crippen LogP contribution in [0.2, 0.25) is 0 Å². The van der Waals surface area contributed by atoms with Crippen LogP contribution in [0.3, 0.4) is 0 Å². The molecule has 0 spiro atoms. The number of hydrogen-bond donors (Lipinski definition) is 0. The van der Waals surface area contributed by atoms with Gasteiger partial charge in [0.1, 0.15) is 0 Å². The van der Waals surface area contributed by atoms with Crippen LogP contribution in [0.4, 0.5) is 0 Å². The molecule has 0 amide bonds. The van der Waals surface area contributed by atoms with Crippen LogP contribution in [0.15, 0.2) is 0 Å². The van der Waals surface area contributed by atoms with Gasteiger partial charge in [-0.2, -0.15) is 0 Å². The molecule has 21 nitrogen and oxygen atoms in total. The van der Waals surface area contributed by atoms with E-state index in [-0.39, 0.29) is 187 Å². The predicted molar refractivity (Wildman–Crippen MR) is 79.6 cm³/mol. The molecule has 0 aromatic carbocycles. The first-order valence-corrected chi connectivity index (χ1v) is 12.9. The Bertz CT molecular complexity index is 334. The Morgan fingerprint density at radius 2 is 0.265 bits per heavy atom. The fourth-order valence-corrected chi connectivity index (χ4v) is 0. The van der Waals surface area contributed by atoms with Crippen molar-refractivity contribution in [1.82, 2.24) is 0 Å². The van der Waals surface area contributed by atoms with Crippen LogP contribution in [-0.2, 0) is 31.2 Å². The summed E-state index contributed by atoms with van der Waals surface area (Å²) in [7, 11) is -25.4. The van der Waals surface area contributed by atoms with Crippen molar-refractivity contribution in [2.45, 2.75) is 0 Å². The van der Waals surface area contributed by atoms with E-state index in [1.54, 1.807) is 0 Å². The molecule has 0 fully saturated rings. The molecule has 0 rings (SSSR count). The molecular formula is Al2Ba2O21Pb2Si7. The van der Waals surface area contributed by atoms with E-state index in [0.717, 1.165) is 0 Å². The quantitative estimate of drug-likeness (QED) is 0.203. The summed E-state index contributed by atoms with van der Waals surface area (Å²) in [6, 6.07) is 0. The fraction of sp³-hybridized carbons (Fsp3) is 0. The molecular weight excluding hydrogens is 1280 g/mol. The molecule has 0 saturated carbocycles. The summed E-state index contributed by atoms with van der Waals surface area (Å²) in [6.07, 6.45) is 0. The van der Waals surface area contributed by atoms with E-state index in [2.05, 4.69) is 0 Å². The van der Waals surface area contributed by atoms with Gasteiger partial charge in [-0.25, -0.2) is 0 Å². The van der Waals surface area contributed by atoms with E-state index in [1.807, 2.05) is 0 Å². The first-order valence-electron chi connectivity index (χ1n) is 4.29. The normalized spacial score (nSPS) is 4.94. The van der Waals surface area contributed by atoms with Gasteiger partial charge in [-0.1, -0.05) is 0 Å². The summed E-state index contributed by atoms with van der Waals surface area (Å²) in [4.78, 5) is 119. The SMILES string of the molecule is O=[Si]([O-])[O-].O=[Si]([O-])[O-].O=[Si]([O-])[O-].O=[Si]([O-])[O-].O=[Si]([O-])[O-].O=[Si]([O-])[O-].O=[Si]([O-])[O-].[Al+3].[Al+3].[Ba+2].[Ba+2].[Pb+2].[Pb+2]. The van der Waals surface area contributed by atoms with Crippen molar-refractivity contribution in [3.8, 4) is 0 Å². The maximum Gasteiger partial charge on any atom is 3.00 e. The second-order valence-corrected chi connectivity index (χ2v) is 5.25. The van der Waals surface area contributed by atoms with Crippen molar-refractivity contribution >= 4 is 251 Å². The maximum atomic E-state index is 8.52. The standard InChI is InChI=1S/2Al.2Ba.7O3Si.2Pb/c;;;;7*1-4(2)3;;/q2*+3;2*+2;7*-2;2*+2. The van der Waals surface area contributed by atoms with Gasteiger partial charge < -0.3 is 98.4 Å². The Labute approximate surface area is 342 Å². The number of hydrogen-bond acceptors (Lipinski definition) is 21. The first kappa shape index (κ1) is 83.2. The summed E-state index contributed by atoms with van der Waals surface area (Å²) < 4.78 is 59.6. The molecule has 4 radical (unpaired) electrons. The van der Waals surface area contributed by atoms with Gasteiger partial charge in [0.15, 0.2) is 0 Å². The molecule has 0 heterocycles. The van der Waals surface area contributed by atoms with Crippen molar-refractivity contribution in [2.24, 2.45) is 0 Å². The summed E-state index contributed by atoms with van der Waals surface area (Å²) in [5.74, 6) is 0. The van der Waals surface area contributed by atoms with Crippen LogP contribution in [0.5, 0.6) is 0 Å². The molecule has 0 unspecified atom stereocenters. The van der Waals surface area contributed by atoms with Crippen LogP contribution < -0.4 is 67.1 Å². The van der Waals surface area contributed by atoms with Crippen LogP contribution >= 0.6 is 0 Å². The molecule has 34 heavy (non-hydrogen) atoms. The Kier molecular flexibility index (Phi) is 188. The molecule has 0 N–H and O–H groups in total. The fourth-order valence-electron chi connectivity index (χ4n) is 0. The van der Waals surface area contributed by atoms with E-state index >= 15 is 0 Å². The smallest absolute Gasteiger partial charge is 0.672 e. The Balaban J connectivity index is -0.0000000134. The molecule has 0 aliphatic carbocycles. The first-order chi connectivity index (χ1) is 12.1. The van der Waals surface area contributed by atoms with Gasteiger partial charge in [0.2, 0.25) is 0 Å². The van der Waals surface area contributed by atoms with Gasteiger partial charge in [0.05, 0.1) is 0 Å². The average molecular weight is 1280 g/mol. The second-order valence-electron chi connectivity index (χ2n) is 1.75. The molecule has 0 aromatic rings. The van der Waals surface area contributed by atoms with Crippen LogP contribution in [-0.4, -0.2) is 251 Å². The third-order valence-electron chi connectivity index (χ3n) is 0. The molecule has 34 heteroatoms. The van der Waals surface area contributed by atoms with Crippen LogP contribution in [0.25, 0.3) is 0 Å². The van der Waals surface area contributed by atoms with E-state index < -0.39 is 64.2 Å². The van der Waals surface area contributed by atoms with Crippen molar-refractivity contribution in [1.29, 1.82) is 0 Å². The maximum absolute atomic E-state index is 8.52. The minimum atomic E-state index is -3.63. The Morgan fingerprint density at radius 1 is 0.265 bits per heavy atom. The molecule has 0 aliphatic rings. The van der Waals surface area contributed by atoms with Crippen LogP contribution in [0.1, 0.15) is 0 Å². The minimum Gasteiger partial charge on any atom is -0.672 e.